The third-order valence-corrected chi connectivity index (χ3v) is 5.85. The van der Waals surface area contributed by atoms with Gasteiger partial charge in [-0.3, -0.25) is 14.2 Å². The van der Waals surface area contributed by atoms with Gasteiger partial charge in [0, 0.05) is 10.7 Å². The molecule has 5 nitrogen and oxygen atoms in total. The highest BCUT2D eigenvalue weighted by Crippen LogP contribution is 2.27. The van der Waals surface area contributed by atoms with Crippen LogP contribution in [0.4, 0.5) is 5.69 Å². The summed E-state index contributed by atoms with van der Waals surface area (Å²) in [7, 11) is 0. The second kappa shape index (κ2) is 7.66. The van der Waals surface area contributed by atoms with Crippen LogP contribution in [0, 0.1) is 5.92 Å². The molecule has 0 radical (unpaired) electrons. The zero-order valence-electron chi connectivity index (χ0n) is 14.7. The fraction of sp³-hybridized carbons (Fsp3) is 0.143. The Morgan fingerprint density at radius 3 is 2.75 bits per heavy atom. The molecule has 1 heterocycles. The maximum absolute atomic E-state index is 12.5. The van der Waals surface area contributed by atoms with E-state index in [4.69, 9.17) is 11.6 Å². The Morgan fingerprint density at radius 1 is 1.21 bits per heavy atom. The summed E-state index contributed by atoms with van der Waals surface area (Å²) in [5.74, 6) is -1.70. The highest BCUT2D eigenvalue weighted by Gasteiger charge is 2.27. The topological polar surface area (TPSA) is 71.3 Å². The molecule has 0 saturated carbocycles. The molecule has 2 aromatic carbocycles. The molecule has 2 atom stereocenters. The fourth-order valence-electron chi connectivity index (χ4n) is 3.27. The summed E-state index contributed by atoms with van der Waals surface area (Å²) >= 11 is 7.12. The highest BCUT2D eigenvalue weighted by atomic mass is 35.5. The minimum absolute atomic E-state index is 0.0216. The van der Waals surface area contributed by atoms with Crippen molar-refractivity contribution in [3.05, 3.63) is 87.0 Å². The molecule has 2 N–H and O–H groups in total. The number of nitrogens with one attached hydrogen (secondary N) is 1. The van der Waals surface area contributed by atoms with Crippen LogP contribution in [0.2, 0.25) is 0 Å². The Hall–Kier alpha value is -2.83. The fourth-order valence-corrected chi connectivity index (χ4v) is 4.41. The van der Waals surface area contributed by atoms with Gasteiger partial charge in [-0.1, -0.05) is 59.3 Å². The minimum atomic E-state index is -0.945. The summed E-state index contributed by atoms with van der Waals surface area (Å²) in [4.78, 5) is 24.0. The van der Waals surface area contributed by atoms with Crippen LogP contribution < -0.4 is 10.2 Å². The number of aromatic nitrogens is 1. The molecule has 0 aliphatic heterocycles. The monoisotopic (exact) mass is 412 g/mol. The zero-order valence-corrected chi connectivity index (χ0v) is 16.3. The van der Waals surface area contributed by atoms with Gasteiger partial charge < -0.3 is 10.4 Å². The Morgan fingerprint density at radius 2 is 2.00 bits per heavy atom. The third-order valence-electron chi connectivity index (χ3n) is 4.66. The second-order valence-corrected chi connectivity index (χ2v) is 8.00. The Kier molecular flexibility index (Phi) is 5.07. The van der Waals surface area contributed by atoms with Gasteiger partial charge in [-0.15, -0.1) is 0 Å². The van der Waals surface area contributed by atoms with Crippen LogP contribution in [0.1, 0.15) is 5.56 Å². The number of aliphatic carboxylic acids is 1. The van der Waals surface area contributed by atoms with E-state index < -0.39 is 17.9 Å². The first-order valence-electron chi connectivity index (χ1n) is 8.73. The molecule has 28 heavy (non-hydrogen) atoms. The van der Waals surface area contributed by atoms with Gasteiger partial charge in [-0.05, 0) is 35.9 Å². The van der Waals surface area contributed by atoms with Crippen molar-refractivity contribution in [3.8, 4) is 0 Å². The molecule has 0 saturated heterocycles. The molecule has 0 bridgehead atoms. The Labute approximate surface area is 170 Å². The molecule has 2 unspecified atom stereocenters. The molecule has 1 aromatic heterocycles. The predicted molar refractivity (Wildman–Crippen MR) is 113 cm³/mol. The average molecular weight is 413 g/mol. The molecule has 1 aliphatic rings. The van der Waals surface area contributed by atoms with Crippen molar-refractivity contribution < 1.29 is 9.90 Å². The van der Waals surface area contributed by atoms with Gasteiger partial charge >= 0.3 is 10.8 Å². The first-order chi connectivity index (χ1) is 13.5. The number of nitrogens with zero attached hydrogens (tertiary/aromatic N) is 1. The van der Waals surface area contributed by atoms with E-state index in [1.54, 1.807) is 16.7 Å². The van der Waals surface area contributed by atoms with Gasteiger partial charge in [-0.2, -0.15) is 0 Å². The van der Waals surface area contributed by atoms with Crippen LogP contribution in [0.3, 0.4) is 0 Å². The SMILES string of the molecule is O=C(O)C1C=C(Cl)C=CC1Nc1ccc2c(c1)sc(=O)n2Cc1ccccc1. The van der Waals surface area contributed by atoms with Gasteiger partial charge in [0.25, 0.3) is 0 Å². The van der Waals surface area contributed by atoms with Gasteiger partial charge in [0.05, 0.1) is 22.8 Å². The number of hydrogen-bond acceptors (Lipinski definition) is 4. The van der Waals surface area contributed by atoms with Crippen LogP contribution in [0.25, 0.3) is 10.2 Å². The lowest BCUT2D eigenvalue weighted by atomic mass is 9.95. The van der Waals surface area contributed by atoms with E-state index in [-0.39, 0.29) is 4.87 Å². The van der Waals surface area contributed by atoms with Gasteiger partial charge in [0.1, 0.15) is 5.92 Å². The number of halogens is 1. The number of carboxylic acids is 1. The van der Waals surface area contributed by atoms with Crippen LogP contribution in [0.5, 0.6) is 0 Å². The van der Waals surface area contributed by atoms with Crippen LogP contribution >= 0.6 is 22.9 Å². The maximum atomic E-state index is 12.5. The third kappa shape index (κ3) is 3.74. The lowest BCUT2D eigenvalue weighted by Crippen LogP contribution is -2.33. The van der Waals surface area contributed by atoms with Crippen molar-refractivity contribution in [2.45, 2.75) is 12.6 Å². The summed E-state index contributed by atoms with van der Waals surface area (Å²) in [6.45, 7) is 0.516. The van der Waals surface area contributed by atoms with Crippen LogP contribution in [-0.4, -0.2) is 21.7 Å². The number of benzene rings is 2. The number of anilines is 1. The van der Waals surface area contributed by atoms with E-state index in [0.717, 1.165) is 21.5 Å². The lowest BCUT2D eigenvalue weighted by molar-refractivity contribution is -0.140. The number of allylic oxidation sites excluding steroid dienone is 2. The van der Waals surface area contributed by atoms with Crippen LogP contribution in [0.15, 0.2) is 76.6 Å². The molecule has 0 fully saturated rings. The summed E-state index contributed by atoms with van der Waals surface area (Å²) in [6.07, 6.45) is 4.95. The van der Waals surface area contributed by atoms with Crippen molar-refractivity contribution >= 4 is 44.8 Å². The van der Waals surface area contributed by atoms with Crippen molar-refractivity contribution in [1.29, 1.82) is 0 Å². The first kappa shape index (κ1) is 18.5. The Bertz CT molecular complexity index is 1150. The van der Waals surface area contributed by atoms with Crippen molar-refractivity contribution in [1.82, 2.24) is 4.57 Å². The predicted octanol–water partition coefficient (Wildman–Crippen LogP) is 4.29. The van der Waals surface area contributed by atoms with E-state index in [1.807, 2.05) is 48.5 Å². The molecule has 4 rings (SSSR count). The smallest absolute Gasteiger partial charge is 0.312 e. The number of thiazole rings is 1. The maximum Gasteiger partial charge on any atom is 0.312 e. The average Bonchev–Trinajstić information content (AvgIpc) is 2.98. The van der Waals surface area contributed by atoms with Gasteiger partial charge in [0.15, 0.2) is 0 Å². The normalized spacial score (nSPS) is 18.8. The van der Waals surface area contributed by atoms with E-state index in [2.05, 4.69) is 5.32 Å². The quantitative estimate of drug-likeness (QED) is 0.656. The van der Waals surface area contributed by atoms with E-state index >= 15 is 0 Å². The number of carboxylic acid groups (broad SMARTS) is 1. The molecular weight excluding hydrogens is 396 g/mol. The summed E-state index contributed by atoms with van der Waals surface area (Å²) in [5, 5.41) is 13.1. The molecule has 1 aliphatic carbocycles. The summed E-state index contributed by atoms with van der Waals surface area (Å²) in [5.41, 5.74) is 2.68. The highest BCUT2D eigenvalue weighted by molar-refractivity contribution is 7.16. The van der Waals surface area contributed by atoms with Crippen LogP contribution in [-0.2, 0) is 11.3 Å². The molecule has 3 aromatic rings. The minimum Gasteiger partial charge on any atom is -0.481 e. The van der Waals surface area contributed by atoms with E-state index in [1.165, 1.54) is 17.4 Å². The first-order valence-corrected chi connectivity index (χ1v) is 9.93. The summed E-state index contributed by atoms with van der Waals surface area (Å²) < 4.78 is 2.61. The molecule has 142 valence electrons. The van der Waals surface area contributed by atoms with E-state index in [9.17, 15) is 14.7 Å². The van der Waals surface area contributed by atoms with Crippen molar-refractivity contribution in [2.75, 3.05) is 5.32 Å². The second-order valence-electron chi connectivity index (χ2n) is 6.57. The molecule has 7 heteroatoms. The van der Waals surface area contributed by atoms with Crippen molar-refractivity contribution in [3.63, 3.8) is 0 Å². The number of fused-ring (bicyclic) bond motifs is 1. The van der Waals surface area contributed by atoms with Gasteiger partial charge in [0.2, 0.25) is 0 Å². The number of carbonyl (C=O) groups is 1. The molecule has 0 spiro atoms. The largest absolute Gasteiger partial charge is 0.481 e. The van der Waals surface area contributed by atoms with E-state index in [0.29, 0.717) is 11.6 Å². The zero-order chi connectivity index (χ0) is 19.7. The Balaban J connectivity index is 1.62. The summed E-state index contributed by atoms with van der Waals surface area (Å²) in [6, 6.07) is 15.1. The van der Waals surface area contributed by atoms with Gasteiger partial charge in [-0.25, -0.2) is 0 Å². The standard InChI is InChI=1S/C21H17ClN2O3S/c22-14-6-8-17(16(10-14)20(25)26)23-15-7-9-18-19(11-15)28-21(27)24(18)12-13-4-2-1-3-5-13/h1-11,16-17,23H,12H2,(H,25,26). The lowest BCUT2D eigenvalue weighted by Gasteiger charge is -2.23. The molecule has 0 amide bonds. The number of rotatable bonds is 5. The molecular formula is C21H17ClN2O3S. The number of hydrogen-bond donors (Lipinski definition) is 2. The van der Waals surface area contributed by atoms with Crippen molar-refractivity contribution in [2.24, 2.45) is 5.92 Å².